The van der Waals surface area contributed by atoms with Crippen LogP contribution in [0.3, 0.4) is 0 Å². The van der Waals surface area contributed by atoms with Crippen molar-refractivity contribution in [3.05, 3.63) is 34.9 Å². The second-order valence-corrected chi connectivity index (χ2v) is 6.65. The molecule has 3 unspecified atom stereocenters. The molecule has 1 nitrogen and oxygen atoms in total. The third-order valence-corrected chi connectivity index (χ3v) is 4.44. The Hall–Kier alpha value is -0.530. The van der Waals surface area contributed by atoms with Crippen LogP contribution in [0.15, 0.2) is 24.3 Å². The molecule has 19 heavy (non-hydrogen) atoms. The first-order valence-corrected chi connectivity index (χ1v) is 8.02. The average Bonchev–Trinajstić information content (AvgIpc) is 2.54. The fourth-order valence-electron chi connectivity index (χ4n) is 3.13. The molecule has 0 heterocycles. The minimum Gasteiger partial charge on any atom is -0.311 e. The number of benzene rings is 1. The third-order valence-electron chi connectivity index (χ3n) is 4.21. The second-order valence-electron chi connectivity index (χ2n) is 6.21. The number of hydrogen-bond acceptors (Lipinski definition) is 1. The van der Waals surface area contributed by atoms with Gasteiger partial charge >= 0.3 is 0 Å². The van der Waals surface area contributed by atoms with Crippen molar-refractivity contribution in [1.82, 2.24) is 5.32 Å². The van der Waals surface area contributed by atoms with Crippen LogP contribution < -0.4 is 5.32 Å². The lowest BCUT2D eigenvalue weighted by Crippen LogP contribution is -2.37. The Labute approximate surface area is 122 Å². The Bertz CT molecular complexity index is 391. The maximum absolute atomic E-state index is 6.04. The number of rotatable bonds is 4. The van der Waals surface area contributed by atoms with E-state index in [4.69, 9.17) is 11.6 Å². The molecule has 2 rings (SSSR count). The quantitative estimate of drug-likeness (QED) is 0.779. The molecule has 0 spiro atoms. The maximum atomic E-state index is 6.04. The van der Waals surface area contributed by atoms with Gasteiger partial charge in [-0.05, 0) is 56.2 Å². The summed E-state index contributed by atoms with van der Waals surface area (Å²) in [5.41, 5.74) is 1.33. The van der Waals surface area contributed by atoms with Gasteiger partial charge in [-0.25, -0.2) is 0 Å². The van der Waals surface area contributed by atoms with Crippen molar-refractivity contribution in [2.24, 2.45) is 5.92 Å². The van der Waals surface area contributed by atoms with Crippen molar-refractivity contribution in [2.45, 2.75) is 64.5 Å². The highest BCUT2D eigenvalue weighted by Gasteiger charge is 2.17. The summed E-state index contributed by atoms with van der Waals surface area (Å²) in [6, 6.07) is 9.46. The fraction of sp³-hybridized carbons (Fsp3) is 0.647. The van der Waals surface area contributed by atoms with Crippen LogP contribution in [-0.2, 0) is 6.42 Å². The molecule has 0 saturated heterocycles. The summed E-state index contributed by atoms with van der Waals surface area (Å²) in [6.45, 7) is 4.67. The van der Waals surface area contributed by atoms with E-state index in [1.165, 1.54) is 37.7 Å². The average molecular weight is 280 g/mol. The summed E-state index contributed by atoms with van der Waals surface area (Å²) in [4.78, 5) is 0. The van der Waals surface area contributed by atoms with E-state index in [9.17, 15) is 0 Å². The maximum Gasteiger partial charge on any atom is 0.0408 e. The Morgan fingerprint density at radius 3 is 2.89 bits per heavy atom. The van der Waals surface area contributed by atoms with Gasteiger partial charge in [-0.15, -0.1) is 0 Å². The van der Waals surface area contributed by atoms with Gasteiger partial charge in [0.25, 0.3) is 0 Å². The van der Waals surface area contributed by atoms with Gasteiger partial charge in [0.2, 0.25) is 0 Å². The topological polar surface area (TPSA) is 12.0 Å². The van der Waals surface area contributed by atoms with Crippen LogP contribution in [0, 0.1) is 5.92 Å². The van der Waals surface area contributed by atoms with Crippen LogP contribution in [0.25, 0.3) is 0 Å². The highest BCUT2D eigenvalue weighted by Crippen LogP contribution is 2.23. The molecule has 1 aromatic rings. The zero-order valence-electron chi connectivity index (χ0n) is 12.2. The van der Waals surface area contributed by atoms with Crippen LogP contribution in [0.2, 0.25) is 5.02 Å². The van der Waals surface area contributed by atoms with Crippen molar-refractivity contribution in [1.29, 1.82) is 0 Å². The monoisotopic (exact) mass is 279 g/mol. The summed E-state index contributed by atoms with van der Waals surface area (Å²) < 4.78 is 0. The highest BCUT2D eigenvalue weighted by molar-refractivity contribution is 6.30. The van der Waals surface area contributed by atoms with E-state index < -0.39 is 0 Å². The predicted octanol–water partition coefficient (Wildman–Crippen LogP) is 4.83. The van der Waals surface area contributed by atoms with Gasteiger partial charge in [0.1, 0.15) is 0 Å². The molecular weight excluding hydrogens is 254 g/mol. The minimum atomic E-state index is 0.525. The van der Waals surface area contributed by atoms with E-state index in [0.717, 1.165) is 17.4 Å². The lowest BCUT2D eigenvalue weighted by atomic mass is 10.0. The Kier molecular flexibility index (Phi) is 5.72. The first-order chi connectivity index (χ1) is 9.13. The molecule has 1 fully saturated rings. The Morgan fingerprint density at radius 2 is 2.11 bits per heavy atom. The van der Waals surface area contributed by atoms with Crippen molar-refractivity contribution >= 4 is 11.6 Å². The van der Waals surface area contributed by atoms with Gasteiger partial charge in [-0.3, -0.25) is 0 Å². The van der Waals surface area contributed by atoms with E-state index in [-0.39, 0.29) is 0 Å². The van der Waals surface area contributed by atoms with Crippen molar-refractivity contribution in [3.8, 4) is 0 Å². The molecule has 1 saturated carbocycles. The van der Waals surface area contributed by atoms with Gasteiger partial charge in [-0.1, -0.05) is 43.5 Å². The van der Waals surface area contributed by atoms with Crippen molar-refractivity contribution < 1.29 is 0 Å². The highest BCUT2D eigenvalue weighted by atomic mass is 35.5. The van der Waals surface area contributed by atoms with Gasteiger partial charge in [0.05, 0.1) is 0 Å². The normalized spacial score (nSPS) is 25.8. The number of halogens is 1. The Morgan fingerprint density at radius 1 is 1.26 bits per heavy atom. The molecule has 1 N–H and O–H groups in total. The molecule has 1 aliphatic carbocycles. The second kappa shape index (κ2) is 7.31. The van der Waals surface area contributed by atoms with E-state index >= 15 is 0 Å². The smallest absolute Gasteiger partial charge is 0.0408 e. The lowest BCUT2D eigenvalue weighted by Gasteiger charge is -2.22. The van der Waals surface area contributed by atoms with E-state index in [1.807, 2.05) is 12.1 Å². The Balaban J connectivity index is 1.82. The lowest BCUT2D eigenvalue weighted by molar-refractivity contribution is 0.400. The first kappa shape index (κ1) is 14.9. The summed E-state index contributed by atoms with van der Waals surface area (Å²) >= 11 is 6.04. The van der Waals surface area contributed by atoms with Crippen LogP contribution in [0.5, 0.6) is 0 Å². The van der Waals surface area contributed by atoms with Gasteiger partial charge in [-0.2, -0.15) is 0 Å². The molecule has 3 atom stereocenters. The van der Waals surface area contributed by atoms with Crippen molar-refractivity contribution in [2.75, 3.05) is 0 Å². The number of nitrogens with one attached hydrogen (secondary N) is 1. The van der Waals surface area contributed by atoms with Gasteiger partial charge in [0.15, 0.2) is 0 Å². The molecule has 106 valence electrons. The standard InChI is InChI=1S/C17H26ClN/c1-13-5-3-8-17(10-9-13)19-14(2)11-15-6-4-7-16(18)12-15/h4,6-7,12-14,17,19H,3,5,8-11H2,1-2H3. The summed E-state index contributed by atoms with van der Waals surface area (Å²) in [5, 5.41) is 4.64. The molecule has 1 aromatic carbocycles. The largest absolute Gasteiger partial charge is 0.311 e. The molecule has 1 aliphatic rings. The first-order valence-electron chi connectivity index (χ1n) is 7.64. The molecular formula is C17H26ClN. The van der Waals surface area contributed by atoms with Gasteiger partial charge < -0.3 is 5.32 Å². The number of hydrogen-bond donors (Lipinski definition) is 1. The van der Waals surface area contributed by atoms with Crippen LogP contribution in [0.1, 0.15) is 51.5 Å². The molecule has 0 aromatic heterocycles. The predicted molar refractivity (Wildman–Crippen MR) is 83.8 cm³/mol. The van der Waals surface area contributed by atoms with E-state index in [2.05, 4.69) is 31.3 Å². The van der Waals surface area contributed by atoms with E-state index in [1.54, 1.807) is 0 Å². The fourth-order valence-corrected chi connectivity index (χ4v) is 3.35. The molecule has 0 aliphatic heterocycles. The molecule has 0 bridgehead atoms. The summed E-state index contributed by atoms with van der Waals surface area (Å²) in [6.07, 6.45) is 7.89. The summed E-state index contributed by atoms with van der Waals surface area (Å²) in [5.74, 6) is 0.912. The zero-order chi connectivity index (χ0) is 13.7. The molecule has 0 radical (unpaired) electrons. The van der Waals surface area contributed by atoms with Crippen LogP contribution in [-0.4, -0.2) is 12.1 Å². The van der Waals surface area contributed by atoms with E-state index in [0.29, 0.717) is 12.1 Å². The minimum absolute atomic E-state index is 0.525. The third kappa shape index (κ3) is 5.16. The molecule has 2 heteroatoms. The van der Waals surface area contributed by atoms with Gasteiger partial charge in [0, 0.05) is 17.1 Å². The molecule has 0 amide bonds. The van der Waals surface area contributed by atoms with Crippen molar-refractivity contribution in [3.63, 3.8) is 0 Å². The SMILES string of the molecule is CC1CCCC(NC(C)Cc2cccc(Cl)c2)CC1. The van der Waals surface area contributed by atoms with Crippen LogP contribution >= 0.6 is 11.6 Å². The van der Waals surface area contributed by atoms with Crippen LogP contribution in [0.4, 0.5) is 0 Å². The zero-order valence-corrected chi connectivity index (χ0v) is 12.9. The summed E-state index contributed by atoms with van der Waals surface area (Å²) in [7, 11) is 0.